The molecule has 1 aliphatic heterocycles. The molecule has 5 heteroatoms. The van der Waals surface area contributed by atoms with Gasteiger partial charge in [-0.1, -0.05) is 0 Å². The molecule has 1 aromatic rings. The molecule has 0 bridgehead atoms. The van der Waals surface area contributed by atoms with E-state index in [9.17, 15) is 4.79 Å². The molecule has 1 aliphatic rings. The van der Waals surface area contributed by atoms with Crippen LogP contribution in [0.15, 0.2) is 23.1 Å². The van der Waals surface area contributed by atoms with Gasteiger partial charge in [-0.15, -0.1) is 0 Å². The number of aromatic nitrogens is 1. The van der Waals surface area contributed by atoms with Crippen LogP contribution in [0.25, 0.3) is 0 Å². The van der Waals surface area contributed by atoms with E-state index in [1.54, 1.807) is 16.8 Å². The van der Waals surface area contributed by atoms with Crippen molar-refractivity contribution in [3.05, 3.63) is 28.7 Å². The first-order valence-corrected chi connectivity index (χ1v) is 7.46. The minimum Gasteiger partial charge on any atom is -0.398 e. The monoisotopic (exact) mass is 268 g/mol. The summed E-state index contributed by atoms with van der Waals surface area (Å²) in [4.78, 5) is 11.6. The van der Waals surface area contributed by atoms with Crippen molar-refractivity contribution in [1.82, 2.24) is 4.57 Å². The maximum absolute atomic E-state index is 11.6. The number of nitrogens with two attached hydrogens (primary N) is 1. The molecular weight excluding hydrogens is 248 g/mol. The quantitative estimate of drug-likeness (QED) is 0.826. The van der Waals surface area contributed by atoms with Crippen LogP contribution in [-0.2, 0) is 11.3 Å². The summed E-state index contributed by atoms with van der Waals surface area (Å²) in [5.41, 5.74) is 6.34. The molecule has 0 aliphatic carbocycles. The Morgan fingerprint density at radius 2 is 2.17 bits per heavy atom. The predicted octanol–water partition coefficient (Wildman–Crippen LogP) is 1.73. The summed E-state index contributed by atoms with van der Waals surface area (Å²) in [5, 5.41) is 0.733. The van der Waals surface area contributed by atoms with Crippen LogP contribution < -0.4 is 11.3 Å². The highest BCUT2D eigenvalue weighted by atomic mass is 32.2. The molecule has 1 fully saturated rings. The highest BCUT2D eigenvalue weighted by molar-refractivity contribution is 7.99. The maximum Gasteiger partial charge on any atom is 0.250 e. The smallest absolute Gasteiger partial charge is 0.250 e. The van der Waals surface area contributed by atoms with Crippen LogP contribution in [0.4, 0.5) is 5.69 Å². The second-order valence-corrected chi connectivity index (χ2v) is 5.94. The molecule has 100 valence electrons. The van der Waals surface area contributed by atoms with Crippen LogP contribution in [0.3, 0.4) is 0 Å². The summed E-state index contributed by atoms with van der Waals surface area (Å²) in [5.74, 6) is 1.09. The Balaban J connectivity index is 1.71. The van der Waals surface area contributed by atoms with Crippen LogP contribution in [0.2, 0.25) is 0 Å². The van der Waals surface area contributed by atoms with Crippen molar-refractivity contribution in [3.63, 3.8) is 0 Å². The molecule has 0 atom stereocenters. The zero-order chi connectivity index (χ0) is 12.8. The van der Waals surface area contributed by atoms with Crippen LogP contribution in [0, 0.1) is 0 Å². The highest BCUT2D eigenvalue weighted by Crippen LogP contribution is 2.22. The Morgan fingerprint density at radius 1 is 1.39 bits per heavy atom. The molecule has 2 heterocycles. The minimum atomic E-state index is 0.0280. The van der Waals surface area contributed by atoms with Crippen LogP contribution in [0.1, 0.15) is 19.3 Å². The summed E-state index contributed by atoms with van der Waals surface area (Å²) in [6, 6.07) is 3.18. The van der Waals surface area contributed by atoms with Crippen LogP contribution in [0.5, 0.6) is 0 Å². The molecule has 1 saturated heterocycles. The molecule has 0 aromatic carbocycles. The fraction of sp³-hybridized carbons (Fsp3) is 0.615. The van der Waals surface area contributed by atoms with Gasteiger partial charge in [-0.3, -0.25) is 4.79 Å². The Hall–Kier alpha value is -0.940. The third-order valence-corrected chi connectivity index (χ3v) is 4.54. The fourth-order valence-electron chi connectivity index (χ4n) is 2.05. The summed E-state index contributed by atoms with van der Waals surface area (Å²) in [6.07, 6.45) is 5.04. The van der Waals surface area contributed by atoms with Gasteiger partial charge in [-0.2, -0.15) is 11.8 Å². The number of aryl methyl sites for hydroxylation is 1. The molecule has 2 rings (SSSR count). The topological polar surface area (TPSA) is 57.2 Å². The normalized spacial score (nSPS) is 16.9. The molecule has 1 aromatic heterocycles. The average Bonchev–Trinajstić information content (AvgIpc) is 2.40. The molecule has 4 nitrogen and oxygen atoms in total. The van der Waals surface area contributed by atoms with E-state index in [4.69, 9.17) is 10.5 Å². The Labute approximate surface area is 112 Å². The van der Waals surface area contributed by atoms with Crippen molar-refractivity contribution in [3.8, 4) is 0 Å². The van der Waals surface area contributed by atoms with E-state index in [0.717, 1.165) is 50.0 Å². The second-order valence-electron chi connectivity index (χ2n) is 4.53. The summed E-state index contributed by atoms with van der Waals surface area (Å²) < 4.78 is 7.03. The van der Waals surface area contributed by atoms with Crippen LogP contribution in [-0.4, -0.2) is 28.8 Å². The number of nitrogens with zero attached hydrogens (tertiary/aromatic N) is 1. The molecule has 18 heavy (non-hydrogen) atoms. The number of ether oxygens (including phenoxy) is 1. The lowest BCUT2D eigenvalue weighted by Crippen LogP contribution is -2.20. The van der Waals surface area contributed by atoms with Crippen molar-refractivity contribution in [1.29, 1.82) is 0 Å². The largest absolute Gasteiger partial charge is 0.398 e. The first kappa shape index (κ1) is 13.5. The van der Waals surface area contributed by atoms with Gasteiger partial charge < -0.3 is 15.0 Å². The number of pyridine rings is 1. The van der Waals surface area contributed by atoms with E-state index in [1.165, 1.54) is 6.07 Å². The number of hydrogen-bond donors (Lipinski definition) is 1. The van der Waals surface area contributed by atoms with Gasteiger partial charge in [0.1, 0.15) is 0 Å². The molecule has 0 radical (unpaired) electrons. The lowest BCUT2D eigenvalue weighted by atomic mass is 10.2. The second kappa shape index (κ2) is 6.85. The molecule has 0 spiro atoms. The van der Waals surface area contributed by atoms with Gasteiger partial charge in [0, 0.05) is 43.0 Å². The van der Waals surface area contributed by atoms with Gasteiger partial charge in [0.2, 0.25) is 0 Å². The van der Waals surface area contributed by atoms with E-state index >= 15 is 0 Å². The third-order valence-electron chi connectivity index (χ3n) is 3.07. The van der Waals surface area contributed by atoms with Crippen molar-refractivity contribution in [2.75, 3.05) is 24.7 Å². The molecule has 0 unspecified atom stereocenters. The lowest BCUT2D eigenvalue weighted by molar-refractivity contribution is 0.100. The van der Waals surface area contributed by atoms with Crippen LogP contribution >= 0.6 is 11.8 Å². The number of hydrogen-bond acceptors (Lipinski definition) is 4. The number of nitrogen functional groups attached to an aromatic ring is 1. The van der Waals surface area contributed by atoms with Gasteiger partial charge in [0.25, 0.3) is 5.56 Å². The number of thioether (sulfide) groups is 1. The summed E-state index contributed by atoms with van der Waals surface area (Å²) in [6.45, 7) is 2.54. The van der Waals surface area contributed by atoms with E-state index in [2.05, 4.69) is 0 Å². The molecule has 0 amide bonds. The standard InChI is InChI=1S/C13H20N2O2S/c14-11-2-3-13(16)15(10-11)6-1-9-18-12-4-7-17-8-5-12/h2-3,10,12H,1,4-9,14H2. The predicted molar refractivity (Wildman–Crippen MR) is 76.0 cm³/mol. The maximum atomic E-state index is 11.6. The first-order chi connectivity index (χ1) is 8.75. The molecule has 2 N–H and O–H groups in total. The van der Waals surface area contributed by atoms with E-state index in [-0.39, 0.29) is 5.56 Å². The third kappa shape index (κ3) is 4.07. The average molecular weight is 268 g/mol. The summed E-state index contributed by atoms with van der Waals surface area (Å²) in [7, 11) is 0. The van der Waals surface area contributed by atoms with Gasteiger partial charge >= 0.3 is 0 Å². The first-order valence-electron chi connectivity index (χ1n) is 6.41. The minimum absolute atomic E-state index is 0.0280. The molecule has 0 saturated carbocycles. The Bertz CT molecular complexity index is 427. The zero-order valence-electron chi connectivity index (χ0n) is 10.5. The SMILES string of the molecule is Nc1ccc(=O)n(CCCSC2CCOCC2)c1. The van der Waals surface area contributed by atoms with Gasteiger partial charge in [0.05, 0.1) is 0 Å². The van der Waals surface area contributed by atoms with Crippen molar-refractivity contribution in [2.45, 2.75) is 31.1 Å². The van der Waals surface area contributed by atoms with Gasteiger partial charge in [-0.05, 0) is 31.1 Å². The summed E-state index contributed by atoms with van der Waals surface area (Å²) >= 11 is 2.00. The lowest BCUT2D eigenvalue weighted by Gasteiger charge is -2.21. The van der Waals surface area contributed by atoms with Gasteiger partial charge in [0.15, 0.2) is 0 Å². The fourth-order valence-corrected chi connectivity index (χ4v) is 3.21. The highest BCUT2D eigenvalue weighted by Gasteiger charge is 2.13. The van der Waals surface area contributed by atoms with Crippen molar-refractivity contribution >= 4 is 17.4 Å². The van der Waals surface area contributed by atoms with Crippen molar-refractivity contribution < 1.29 is 4.74 Å². The Kier molecular flexibility index (Phi) is 5.13. The van der Waals surface area contributed by atoms with E-state index in [0.29, 0.717) is 5.69 Å². The van der Waals surface area contributed by atoms with Gasteiger partial charge in [-0.25, -0.2) is 0 Å². The van der Waals surface area contributed by atoms with E-state index in [1.807, 2.05) is 11.8 Å². The number of anilines is 1. The van der Waals surface area contributed by atoms with Crippen molar-refractivity contribution in [2.24, 2.45) is 0 Å². The molecular formula is C13H20N2O2S. The number of rotatable bonds is 5. The Morgan fingerprint density at radius 3 is 2.94 bits per heavy atom. The van der Waals surface area contributed by atoms with E-state index < -0.39 is 0 Å². The zero-order valence-corrected chi connectivity index (χ0v) is 11.3.